The van der Waals surface area contributed by atoms with Crippen molar-refractivity contribution < 1.29 is 0 Å². The minimum absolute atomic E-state index is 0.0481. The van der Waals surface area contributed by atoms with Crippen molar-refractivity contribution >= 4 is 45.9 Å². The van der Waals surface area contributed by atoms with Gasteiger partial charge in [0, 0.05) is 39.8 Å². The molecule has 0 N–H and O–H groups in total. The molecule has 2 aliphatic heterocycles. The van der Waals surface area contributed by atoms with E-state index >= 15 is 0 Å². The van der Waals surface area contributed by atoms with Crippen LogP contribution >= 0.6 is 11.8 Å². The van der Waals surface area contributed by atoms with E-state index in [1.165, 1.54) is 74.4 Å². The van der Waals surface area contributed by atoms with Gasteiger partial charge in [0.1, 0.15) is 0 Å². The van der Waals surface area contributed by atoms with Gasteiger partial charge in [0.2, 0.25) is 0 Å². The van der Waals surface area contributed by atoms with E-state index in [0.717, 1.165) is 19.5 Å². The quantitative estimate of drug-likeness (QED) is 0.211. The fraction of sp³-hybridized carbons (Fsp3) is 0.216. The van der Waals surface area contributed by atoms with Gasteiger partial charge >= 0.3 is 0 Å². The molecule has 0 radical (unpaired) electrons. The summed E-state index contributed by atoms with van der Waals surface area (Å²) < 4.78 is 0. The van der Waals surface area contributed by atoms with Crippen LogP contribution in [-0.4, -0.2) is 18.7 Å². The zero-order valence-electron chi connectivity index (χ0n) is 23.9. The molecule has 42 heavy (non-hydrogen) atoms. The summed E-state index contributed by atoms with van der Waals surface area (Å²) >= 11 is 1.88. The highest BCUT2D eigenvalue weighted by atomic mass is 32.2. The fourth-order valence-corrected chi connectivity index (χ4v) is 8.26. The summed E-state index contributed by atoms with van der Waals surface area (Å²) in [5.74, 6) is 0. The summed E-state index contributed by atoms with van der Waals surface area (Å²) in [6.07, 6.45) is 8.03. The highest BCUT2D eigenvalue weighted by molar-refractivity contribution is 7.99. The largest absolute Gasteiger partial charge is 0.355 e. The molecule has 0 bridgehead atoms. The molecule has 4 nitrogen and oxygen atoms in total. The number of benzene rings is 4. The molecule has 1 fully saturated rings. The smallest absolute Gasteiger partial charge is 0.0950 e. The Hall–Kier alpha value is -4.22. The minimum atomic E-state index is -0.0481. The van der Waals surface area contributed by atoms with Crippen LogP contribution in [0.2, 0.25) is 0 Å². The summed E-state index contributed by atoms with van der Waals surface area (Å²) in [7, 11) is 2.17. The summed E-state index contributed by atoms with van der Waals surface area (Å²) in [4.78, 5) is 14.7. The molecule has 208 valence electrons. The van der Waals surface area contributed by atoms with Crippen molar-refractivity contribution in [2.24, 2.45) is 0 Å². The van der Waals surface area contributed by atoms with Crippen LogP contribution in [0.5, 0.6) is 0 Å². The molecule has 1 aromatic heterocycles. The normalized spacial score (nSPS) is 17.0. The van der Waals surface area contributed by atoms with Crippen molar-refractivity contribution in [2.45, 2.75) is 47.3 Å². The van der Waals surface area contributed by atoms with Crippen LogP contribution in [0.3, 0.4) is 0 Å². The Balaban J connectivity index is 1.27. The van der Waals surface area contributed by atoms with Crippen LogP contribution < -0.4 is 14.7 Å². The third-order valence-corrected chi connectivity index (χ3v) is 10.4. The van der Waals surface area contributed by atoms with Crippen molar-refractivity contribution in [3.8, 4) is 0 Å². The molecule has 0 amide bonds. The Morgan fingerprint density at radius 1 is 0.643 bits per heavy atom. The first-order valence-electron chi connectivity index (χ1n) is 15.0. The van der Waals surface area contributed by atoms with E-state index in [1.807, 2.05) is 24.0 Å². The van der Waals surface area contributed by atoms with Gasteiger partial charge in [0.05, 0.1) is 35.1 Å². The topological polar surface area (TPSA) is 22.6 Å². The molecule has 0 saturated heterocycles. The van der Waals surface area contributed by atoms with E-state index in [2.05, 4.69) is 125 Å². The summed E-state index contributed by atoms with van der Waals surface area (Å²) in [6.45, 7) is 0.836. The monoisotopic (exact) mass is 566 g/mol. The number of rotatable bonds is 4. The SMILES string of the molecule is CN1CN(c2cccc(N3c4ccccc4Sc4ccc(C5(c6ccccn6)CCCCC5)cc43)c2)c2ccccc21. The van der Waals surface area contributed by atoms with E-state index in [4.69, 9.17) is 4.98 Å². The Bertz CT molecular complexity index is 1760. The number of pyridine rings is 1. The molecular weight excluding hydrogens is 533 g/mol. The van der Waals surface area contributed by atoms with Crippen LogP contribution in [-0.2, 0) is 5.41 Å². The molecule has 0 atom stereocenters. The number of nitrogens with zero attached hydrogens (tertiary/aromatic N) is 4. The van der Waals surface area contributed by atoms with E-state index in [9.17, 15) is 0 Å². The van der Waals surface area contributed by atoms with Gasteiger partial charge in [-0.15, -0.1) is 0 Å². The van der Waals surface area contributed by atoms with Gasteiger partial charge in [-0.2, -0.15) is 0 Å². The van der Waals surface area contributed by atoms with Crippen LogP contribution in [0.1, 0.15) is 43.4 Å². The number of hydrogen-bond acceptors (Lipinski definition) is 5. The third-order valence-electron chi connectivity index (χ3n) is 9.28. The maximum Gasteiger partial charge on any atom is 0.0950 e. The van der Waals surface area contributed by atoms with E-state index < -0.39 is 0 Å². The van der Waals surface area contributed by atoms with Crippen LogP contribution in [0.25, 0.3) is 0 Å². The number of fused-ring (bicyclic) bond motifs is 3. The van der Waals surface area contributed by atoms with Crippen molar-refractivity contribution in [1.29, 1.82) is 0 Å². The van der Waals surface area contributed by atoms with Gasteiger partial charge in [-0.25, -0.2) is 0 Å². The molecule has 5 aromatic rings. The molecule has 0 spiro atoms. The van der Waals surface area contributed by atoms with Gasteiger partial charge in [-0.1, -0.05) is 73.5 Å². The van der Waals surface area contributed by atoms with Crippen LogP contribution in [0.15, 0.2) is 125 Å². The first-order valence-corrected chi connectivity index (χ1v) is 15.8. The minimum Gasteiger partial charge on any atom is -0.355 e. The maximum atomic E-state index is 4.93. The number of para-hydroxylation sites is 3. The molecule has 3 heterocycles. The Morgan fingerprint density at radius 3 is 2.21 bits per heavy atom. The average Bonchev–Trinajstić information content (AvgIpc) is 3.40. The molecule has 8 rings (SSSR count). The lowest BCUT2D eigenvalue weighted by Gasteiger charge is -2.39. The molecule has 0 unspecified atom stereocenters. The Labute approximate surface area is 252 Å². The first kappa shape index (κ1) is 25.5. The highest BCUT2D eigenvalue weighted by Gasteiger charge is 2.38. The van der Waals surface area contributed by atoms with Crippen LogP contribution in [0, 0.1) is 0 Å². The number of aromatic nitrogens is 1. The zero-order valence-corrected chi connectivity index (χ0v) is 24.7. The summed E-state index contributed by atoms with van der Waals surface area (Å²) in [5, 5.41) is 0. The average molecular weight is 567 g/mol. The van der Waals surface area contributed by atoms with E-state index in [-0.39, 0.29) is 5.41 Å². The third kappa shape index (κ3) is 4.10. The Kier molecular flexibility index (Phi) is 6.22. The summed E-state index contributed by atoms with van der Waals surface area (Å²) in [6, 6.07) is 40.2. The Morgan fingerprint density at radius 2 is 1.38 bits per heavy atom. The molecule has 1 aliphatic carbocycles. The second-order valence-corrected chi connectivity index (χ2v) is 12.8. The lowest BCUT2D eigenvalue weighted by Crippen LogP contribution is -2.32. The highest BCUT2D eigenvalue weighted by Crippen LogP contribution is 2.54. The number of anilines is 6. The molecule has 4 aromatic carbocycles. The molecular formula is C37H34N4S. The van der Waals surface area contributed by atoms with Crippen LogP contribution in [0.4, 0.5) is 34.1 Å². The maximum absolute atomic E-state index is 4.93. The van der Waals surface area contributed by atoms with Gasteiger partial charge in [-0.05, 0) is 85.1 Å². The van der Waals surface area contributed by atoms with Crippen molar-refractivity contribution in [1.82, 2.24) is 4.98 Å². The van der Waals surface area contributed by atoms with Crippen molar-refractivity contribution in [3.05, 3.63) is 127 Å². The van der Waals surface area contributed by atoms with E-state index in [0.29, 0.717) is 0 Å². The second kappa shape index (κ2) is 10.2. The second-order valence-electron chi connectivity index (χ2n) is 11.7. The first-order chi connectivity index (χ1) is 20.7. The van der Waals surface area contributed by atoms with Crippen molar-refractivity contribution in [3.63, 3.8) is 0 Å². The molecule has 1 saturated carbocycles. The van der Waals surface area contributed by atoms with Gasteiger partial charge in [-0.3, -0.25) is 4.98 Å². The van der Waals surface area contributed by atoms with E-state index in [1.54, 1.807) is 0 Å². The lowest BCUT2D eigenvalue weighted by atomic mass is 9.67. The molecule has 3 aliphatic rings. The predicted octanol–water partition coefficient (Wildman–Crippen LogP) is 9.81. The fourth-order valence-electron chi connectivity index (χ4n) is 7.22. The van der Waals surface area contributed by atoms with Crippen molar-refractivity contribution in [2.75, 3.05) is 28.4 Å². The number of hydrogen-bond donors (Lipinski definition) is 0. The lowest BCUT2D eigenvalue weighted by molar-refractivity contribution is 0.338. The van der Waals surface area contributed by atoms with Gasteiger partial charge in [0.25, 0.3) is 0 Å². The summed E-state index contributed by atoms with van der Waals surface area (Å²) in [5.41, 5.74) is 9.94. The zero-order chi connectivity index (χ0) is 28.1. The van der Waals surface area contributed by atoms with Gasteiger partial charge < -0.3 is 14.7 Å². The predicted molar refractivity (Wildman–Crippen MR) is 175 cm³/mol. The standard InChI is InChI=1S/C37H34N4S/c1-39-26-40(31-15-4-3-14-30(31)39)28-12-11-13-29(25-28)41-32-16-5-6-17-34(32)42-35-20-19-27(24-33(35)41)37(21-8-2-9-22-37)36-18-7-10-23-38-36/h3-7,10-20,23-25H,2,8-9,21-22,26H2,1H3. The van der Waals surface area contributed by atoms with Gasteiger partial charge in [0.15, 0.2) is 0 Å². The molecule has 5 heteroatoms.